The highest BCUT2D eigenvalue weighted by molar-refractivity contribution is 8.01. The second kappa shape index (κ2) is 5.66. The predicted octanol–water partition coefficient (Wildman–Crippen LogP) is 1.97. The number of rotatable bonds is 5. The van der Waals surface area contributed by atoms with E-state index in [4.69, 9.17) is 5.73 Å². The van der Waals surface area contributed by atoms with Crippen LogP contribution in [0.15, 0.2) is 4.34 Å². The van der Waals surface area contributed by atoms with E-state index in [1.165, 1.54) is 23.5 Å². The van der Waals surface area contributed by atoms with Gasteiger partial charge in [-0.2, -0.15) is 11.8 Å². The topological polar surface area (TPSA) is 51.8 Å². The van der Waals surface area contributed by atoms with Crippen LogP contribution in [0.4, 0.5) is 5.13 Å². The number of nitrogen functional groups attached to an aromatic ring is 1. The second-order valence-corrected chi connectivity index (χ2v) is 5.44. The van der Waals surface area contributed by atoms with E-state index in [0.717, 1.165) is 10.1 Å². The van der Waals surface area contributed by atoms with Gasteiger partial charge in [0.05, 0.1) is 0 Å². The van der Waals surface area contributed by atoms with Gasteiger partial charge in [0, 0.05) is 5.75 Å². The molecule has 0 amide bonds. The molecule has 0 aliphatic carbocycles. The standard InChI is InChI=1S/C6H11N3S3/c1-10-3-2-4-11-6-9-8-5(7)12-6/h2-4H2,1H3,(H2,7,8). The SMILES string of the molecule is CSCCCSc1nnc(N)s1. The normalized spacial score (nSPS) is 10.4. The highest BCUT2D eigenvalue weighted by Gasteiger charge is 2.00. The van der Waals surface area contributed by atoms with Gasteiger partial charge < -0.3 is 5.73 Å². The van der Waals surface area contributed by atoms with Crippen molar-refractivity contribution >= 4 is 40.0 Å². The summed E-state index contributed by atoms with van der Waals surface area (Å²) in [6.45, 7) is 0. The van der Waals surface area contributed by atoms with Gasteiger partial charge in [-0.25, -0.2) is 0 Å². The number of nitrogens with zero attached hydrogens (tertiary/aromatic N) is 2. The van der Waals surface area contributed by atoms with Crippen LogP contribution in [0.1, 0.15) is 6.42 Å². The van der Waals surface area contributed by atoms with Gasteiger partial charge in [0.1, 0.15) is 0 Å². The molecule has 6 heteroatoms. The van der Waals surface area contributed by atoms with Gasteiger partial charge >= 0.3 is 0 Å². The number of anilines is 1. The molecule has 12 heavy (non-hydrogen) atoms. The lowest BCUT2D eigenvalue weighted by molar-refractivity contribution is 1.01. The number of nitrogens with two attached hydrogens (primary N) is 1. The molecule has 0 spiro atoms. The van der Waals surface area contributed by atoms with Crippen molar-refractivity contribution in [2.75, 3.05) is 23.5 Å². The maximum atomic E-state index is 5.44. The van der Waals surface area contributed by atoms with Crippen LogP contribution in [0.25, 0.3) is 0 Å². The lowest BCUT2D eigenvalue weighted by atomic mass is 10.6. The average molecular weight is 221 g/mol. The highest BCUT2D eigenvalue weighted by atomic mass is 32.2. The van der Waals surface area contributed by atoms with Crippen molar-refractivity contribution in [3.05, 3.63) is 0 Å². The van der Waals surface area contributed by atoms with Crippen LogP contribution in [0.2, 0.25) is 0 Å². The molecule has 1 aromatic heterocycles. The number of thioether (sulfide) groups is 2. The van der Waals surface area contributed by atoms with Gasteiger partial charge in [-0.05, 0) is 18.4 Å². The minimum atomic E-state index is 0.558. The van der Waals surface area contributed by atoms with E-state index in [9.17, 15) is 0 Å². The molecule has 0 radical (unpaired) electrons. The maximum Gasteiger partial charge on any atom is 0.203 e. The molecule has 0 bridgehead atoms. The molecular weight excluding hydrogens is 210 g/mol. The molecule has 1 heterocycles. The molecule has 0 atom stereocenters. The first-order valence-electron chi connectivity index (χ1n) is 3.53. The molecule has 0 aliphatic heterocycles. The van der Waals surface area contributed by atoms with Crippen molar-refractivity contribution in [3.8, 4) is 0 Å². The number of hydrogen-bond donors (Lipinski definition) is 1. The van der Waals surface area contributed by atoms with Crippen molar-refractivity contribution < 1.29 is 0 Å². The quantitative estimate of drug-likeness (QED) is 0.608. The molecule has 1 aromatic rings. The number of hydrogen-bond acceptors (Lipinski definition) is 6. The fraction of sp³-hybridized carbons (Fsp3) is 0.667. The zero-order chi connectivity index (χ0) is 8.81. The number of aromatic nitrogens is 2. The molecule has 0 saturated carbocycles. The van der Waals surface area contributed by atoms with Gasteiger partial charge in [-0.15, -0.1) is 10.2 Å². The fourth-order valence-corrected chi connectivity index (χ4v) is 2.90. The summed E-state index contributed by atoms with van der Waals surface area (Å²) in [5, 5.41) is 8.21. The fourth-order valence-electron chi connectivity index (χ4n) is 0.641. The summed E-state index contributed by atoms with van der Waals surface area (Å²) in [6.07, 6.45) is 3.33. The Labute approximate surface area is 84.5 Å². The van der Waals surface area contributed by atoms with E-state index in [1.807, 2.05) is 11.8 Å². The predicted molar refractivity (Wildman–Crippen MR) is 58.0 cm³/mol. The molecule has 68 valence electrons. The van der Waals surface area contributed by atoms with E-state index >= 15 is 0 Å². The molecule has 0 unspecified atom stereocenters. The second-order valence-electron chi connectivity index (χ2n) is 2.10. The van der Waals surface area contributed by atoms with Crippen molar-refractivity contribution in [2.45, 2.75) is 10.8 Å². The Bertz CT molecular complexity index is 226. The van der Waals surface area contributed by atoms with Crippen molar-refractivity contribution in [1.29, 1.82) is 0 Å². The lowest BCUT2D eigenvalue weighted by Gasteiger charge is -1.94. The monoisotopic (exact) mass is 221 g/mol. The Hall–Kier alpha value is 0.0600. The smallest absolute Gasteiger partial charge is 0.203 e. The largest absolute Gasteiger partial charge is 0.374 e. The Balaban J connectivity index is 2.15. The molecule has 0 aliphatic rings. The summed E-state index contributed by atoms with van der Waals surface area (Å²) in [6, 6.07) is 0. The molecule has 1 rings (SSSR count). The zero-order valence-electron chi connectivity index (χ0n) is 6.82. The van der Waals surface area contributed by atoms with Gasteiger partial charge in [0.15, 0.2) is 4.34 Å². The van der Waals surface area contributed by atoms with Crippen LogP contribution in [-0.4, -0.2) is 28.0 Å². The van der Waals surface area contributed by atoms with Crippen molar-refractivity contribution in [1.82, 2.24) is 10.2 Å². The zero-order valence-corrected chi connectivity index (χ0v) is 9.27. The van der Waals surface area contributed by atoms with Gasteiger partial charge in [0.25, 0.3) is 0 Å². The van der Waals surface area contributed by atoms with Gasteiger partial charge in [-0.3, -0.25) is 0 Å². The average Bonchev–Trinajstić information content (AvgIpc) is 2.45. The highest BCUT2D eigenvalue weighted by Crippen LogP contribution is 2.24. The van der Waals surface area contributed by atoms with E-state index in [0.29, 0.717) is 5.13 Å². The molecule has 0 fully saturated rings. The van der Waals surface area contributed by atoms with E-state index < -0.39 is 0 Å². The van der Waals surface area contributed by atoms with E-state index in [-0.39, 0.29) is 0 Å². The third kappa shape index (κ3) is 3.64. The van der Waals surface area contributed by atoms with Crippen LogP contribution < -0.4 is 5.73 Å². The van der Waals surface area contributed by atoms with Crippen molar-refractivity contribution in [3.63, 3.8) is 0 Å². The first-order valence-corrected chi connectivity index (χ1v) is 6.73. The minimum Gasteiger partial charge on any atom is -0.374 e. The van der Waals surface area contributed by atoms with Crippen LogP contribution in [0.3, 0.4) is 0 Å². The van der Waals surface area contributed by atoms with Crippen LogP contribution >= 0.6 is 34.9 Å². The summed E-state index contributed by atoms with van der Waals surface area (Å²) < 4.78 is 0.980. The van der Waals surface area contributed by atoms with Gasteiger partial charge in [-0.1, -0.05) is 23.1 Å². The molecule has 3 nitrogen and oxygen atoms in total. The molecular formula is C6H11N3S3. The maximum absolute atomic E-state index is 5.44. The first-order chi connectivity index (χ1) is 5.83. The minimum absolute atomic E-state index is 0.558. The van der Waals surface area contributed by atoms with E-state index in [1.54, 1.807) is 11.8 Å². The summed E-state index contributed by atoms with van der Waals surface area (Å²) >= 11 is 5.06. The summed E-state index contributed by atoms with van der Waals surface area (Å²) in [7, 11) is 0. The summed E-state index contributed by atoms with van der Waals surface area (Å²) in [4.78, 5) is 0. The molecule has 2 N–H and O–H groups in total. The Kier molecular flexibility index (Phi) is 4.79. The Morgan fingerprint density at radius 1 is 1.42 bits per heavy atom. The molecule has 0 aromatic carbocycles. The van der Waals surface area contributed by atoms with Crippen LogP contribution in [-0.2, 0) is 0 Å². The first kappa shape index (κ1) is 10.1. The summed E-state index contributed by atoms with van der Waals surface area (Å²) in [5.74, 6) is 2.32. The van der Waals surface area contributed by atoms with E-state index in [2.05, 4.69) is 16.5 Å². The van der Waals surface area contributed by atoms with Crippen LogP contribution in [0, 0.1) is 0 Å². The Morgan fingerprint density at radius 3 is 2.83 bits per heavy atom. The Morgan fingerprint density at radius 2 is 2.25 bits per heavy atom. The van der Waals surface area contributed by atoms with Crippen molar-refractivity contribution in [2.24, 2.45) is 0 Å². The third-order valence-corrected chi connectivity index (χ3v) is 3.81. The lowest BCUT2D eigenvalue weighted by Crippen LogP contribution is -1.82. The summed E-state index contributed by atoms with van der Waals surface area (Å²) in [5.41, 5.74) is 5.44. The van der Waals surface area contributed by atoms with Gasteiger partial charge in [0.2, 0.25) is 5.13 Å². The van der Waals surface area contributed by atoms with Crippen LogP contribution in [0.5, 0.6) is 0 Å². The molecule has 0 saturated heterocycles. The third-order valence-electron chi connectivity index (χ3n) is 1.14.